The van der Waals surface area contributed by atoms with Gasteiger partial charge in [-0.1, -0.05) is 24.3 Å². The van der Waals surface area contributed by atoms with E-state index in [9.17, 15) is 13.2 Å². The average Bonchev–Trinajstić information content (AvgIpc) is 2.34. The number of nitrogens with zero attached hydrogens (tertiary/aromatic N) is 1. The van der Waals surface area contributed by atoms with Crippen LogP contribution in [0.1, 0.15) is 5.69 Å². The quantitative estimate of drug-likeness (QED) is 0.653. The highest BCUT2D eigenvalue weighted by molar-refractivity contribution is 5.78. The van der Waals surface area contributed by atoms with Crippen LogP contribution >= 0.6 is 0 Å². The predicted molar refractivity (Wildman–Crippen MR) is 62.6 cm³/mol. The number of nitrogens with one attached hydrogen (secondary N) is 1. The Bertz CT molecular complexity index is 539. The SMILES string of the molecule is NNC(Cc1ccc2ccccc2n1)C(F)(F)F. The Hall–Kier alpha value is -1.66. The maximum Gasteiger partial charge on any atom is 0.405 e. The molecule has 0 aliphatic rings. The molecule has 18 heavy (non-hydrogen) atoms. The molecule has 1 aromatic heterocycles. The number of aromatic nitrogens is 1. The van der Waals surface area contributed by atoms with Gasteiger partial charge in [0, 0.05) is 17.5 Å². The van der Waals surface area contributed by atoms with Gasteiger partial charge in [-0.25, -0.2) is 5.43 Å². The van der Waals surface area contributed by atoms with Crippen molar-refractivity contribution in [3.63, 3.8) is 0 Å². The van der Waals surface area contributed by atoms with Crippen LogP contribution in [0.25, 0.3) is 10.9 Å². The summed E-state index contributed by atoms with van der Waals surface area (Å²) in [4.78, 5) is 4.18. The van der Waals surface area contributed by atoms with Gasteiger partial charge in [0.05, 0.1) is 5.52 Å². The first-order chi connectivity index (χ1) is 8.50. The number of benzene rings is 1. The Kier molecular flexibility index (Phi) is 3.49. The normalized spacial score (nSPS) is 13.8. The molecule has 0 amide bonds. The van der Waals surface area contributed by atoms with Gasteiger partial charge < -0.3 is 0 Å². The van der Waals surface area contributed by atoms with E-state index in [0.29, 0.717) is 11.2 Å². The van der Waals surface area contributed by atoms with E-state index >= 15 is 0 Å². The highest BCUT2D eigenvalue weighted by Gasteiger charge is 2.39. The van der Waals surface area contributed by atoms with E-state index < -0.39 is 12.2 Å². The molecule has 0 radical (unpaired) electrons. The highest BCUT2D eigenvalue weighted by Crippen LogP contribution is 2.22. The number of alkyl halides is 3. The third-order valence-electron chi connectivity index (χ3n) is 2.67. The number of hydrogen-bond acceptors (Lipinski definition) is 3. The standard InChI is InChI=1S/C12H12F3N3/c13-12(14,15)11(18-16)7-9-6-5-8-3-1-2-4-10(8)17-9/h1-6,11,18H,7,16H2. The third kappa shape index (κ3) is 2.77. The molecule has 2 aromatic rings. The molecule has 3 nitrogen and oxygen atoms in total. The van der Waals surface area contributed by atoms with Crippen LogP contribution in [0.4, 0.5) is 13.2 Å². The predicted octanol–water partition coefficient (Wildman–Crippen LogP) is 2.17. The molecule has 0 spiro atoms. The average molecular weight is 255 g/mol. The molecule has 96 valence electrons. The zero-order valence-corrected chi connectivity index (χ0v) is 9.41. The van der Waals surface area contributed by atoms with E-state index in [1.165, 1.54) is 0 Å². The summed E-state index contributed by atoms with van der Waals surface area (Å²) in [7, 11) is 0. The smallest absolute Gasteiger partial charge is 0.271 e. The monoisotopic (exact) mass is 255 g/mol. The van der Waals surface area contributed by atoms with Crippen LogP contribution in [-0.2, 0) is 6.42 Å². The topological polar surface area (TPSA) is 50.9 Å². The lowest BCUT2D eigenvalue weighted by Gasteiger charge is -2.18. The second-order valence-electron chi connectivity index (χ2n) is 3.96. The van der Waals surface area contributed by atoms with Crippen molar-refractivity contribution < 1.29 is 13.2 Å². The number of fused-ring (bicyclic) bond motifs is 1. The van der Waals surface area contributed by atoms with Gasteiger partial charge in [-0.3, -0.25) is 10.8 Å². The van der Waals surface area contributed by atoms with Gasteiger partial charge >= 0.3 is 6.18 Å². The van der Waals surface area contributed by atoms with Crippen LogP contribution in [-0.4, -0.2) is 17.2 Å². The molecule has 1 aromatic carbocycles. The van der Waals surface area contributed by atoms with Gasteiger partial charge in [0.15, 0.2) is 0 Å². The first kappa shape index (κ1) is 12.8. The van der Waals surface area contributed by atoms with Gasteiger partial charge in [0.2, 0.25) is 0 Å². The zero-order valence-electron chi connectivity index (χ0n) is 9.41. The van der Waals surface area contributed by atoms with Gasteiger partial charge in [0.1, 0.15) is 6.04 Å². The maximum absolute atomic E-state index is 12.5. The van der Waals surface area contributed by atoms with Crippen LogP contribution in [0.3, 0.4) is 0 Å². The van der Waals surface area contributed by atoms with Crippen LogP contribution < -0.4 is 11.3 Å². The van der Waals surface area contributed by atoms with Crippen molar-refractivity contribution in [3.05, 3.63) is 42.1 Å². The van der Waals surface area contributed by atoms with Crippen molar-refractivity contribution in [2.75, 3.05) is 0 Å². The minimum absolute atomic E-state index is 0.287. The molecule has 0 bridgehead atoms. The molecule has 1 heterocycles. The molecule has 0 saturated carbocycles. The molecule has 0 saturated heterocycles. The van der Waals surface area contributed by atoms with E-state index in [2.05, 4.69) is 4.98 Å². The first-order valence-corrected chi connectivity index (χ1v) is 5.38. The van der Waals surface area contributed by atoms with E-state index in [4.69, 9.17) is 5.84 Å². The molecular weight excluding hydrogens is 243 g/mol. The Labute approximate surface area is 102 Å². The van der Waals surface area contributed by atoms with E-state index in [0.717, 1.165) is 5.39 Å². The molecule has 0 aliphatic carbocycles. The number of halogens is 3. The fraction of sp³-hybridized carbons (Fsp3) is 0.250. The molecule has 0 fully saturated rings. The Morgan fingerprint density at radius 3 is 2.56 bits per heavy atom. The summed E-state index contributed by atoms with van der Waals surface area (Å²) in [6.07, 6.45) is -4.67. The van der Waals surface area contributed by atoms with Gasteiger partial charge in [-0.05, 0) is 12.1 Å². The second kappa shape index (κ2) is 4.91. The molecule has 1 atom stereocenters. The lowest BCUT2D eigenvalue weighted by Crippen LogP contribution is -2.47. The Balaban J connectivity index is 2.26. The maximum atomic E-state index is 12.5. The summed E-state index contributed by atoms with van der Waals surface area (Å²) in [6, 6.07) is 8.81. The van der Waals surface area contributed by atoms with Gasteiger partial charge in [-0.15, -0.1) is 0 Å². The van der Waals surface area contributed by atoms with Crippen molar-refractivity contribution >= 4 is 10.9 Å². The Morgan fingerprint density at radius 1 is 1.17 bits per heavy atom. The zero-order chi connectivity index (χ0) is 13.2. The molecule has 2 rings (SSSR count). The van der Waals surface area contributed by atoms with Crippen LogP contribution in [0.5, 0.6) is 0 Å². The van der Waals surface area contributed by atoms with Crippen molar-refractivity contribution in [3.8, 4) is 0 Å². The fourth-order valence-electron chi connectivity index (χ4n) is 1.70. The molecular formula is C12H12F3N3. The molecule has 1 unspecified atom stereocenters. The number of para-hydroxylation sites is 1. The Morgan fingerprint density at radius 2 is 1.89 bits per heavy atom. The van der Waals surface area contributed by atoms with Gasteiger partial charge in [0.25, 0.3) is 0 Å². The van der Waals surface area contributed by atoms with E-state index in [1.54, 1.807) is 29.7 Å². The number of hydrogen-bond donors (Lipinski definition) is 2. The van der Waals surface area contributed by atoms with Crippen LogP contribution in [0.2, 0.25) is 0 Å². The largest absolute Gasteiger partial charge is 0.405 e. The summed E-state index contributed by atoms with van der Waals surface area (Å²) in [6.45, 7) is 0. The second-order valence-corrected chi connectivity index (χ2v) is 3.96. The summed E-state index contributed by atoms with van der Waals surface area (Å²) in [5.41, 5.74) is 2.80. The third-order valence-corrected chi connectivity index (χ3v) is 2.67. The summed E-state index contributed by atoms with van der Waals surface area (Å²) in [5, 5.41) is 0.894. The fourth-order valence-corrected chi connectivity index (χ4v) is 1.70. The van der Waals surface area contributed by atoms with Crippen molar-refractivity contribution in [1.29, 1.82) is 0 Å². The van der Waals surface area contributed by atoms with Crippen LogP contribution in [0, 0.1) is 0 Å². The van der Waals surface area contributed by atoms with Crippen molar-refractivity contribution in [1.82, 2.24) is 10.4 Å². The van der Waals surface area contributed by atoms with E-state index in [1.807, 2.05) is 12.1 Å². The lowest BCUT2D eigenvalue weighted by atomic mass is 10.1. The van der Waals surface area contributed by atoms with Gasteiger partial charge in [-0.2, -0.15) is 13.2 Å². The number of rotatable bonds is 3. The minimum Gasteiger partial charge on any atom is -0.271 e. The van der Waals surface area contributed by atoms with Crippen molar-refractivity contribution in [2.24, 2.45) is 5.84 Å². The van der Waals surface area contributed by atoms with Crippen LogP contribution in [0.15, 0.2) is 36.4 Å². The van der Waals surface area contributed by atoms with Crippen molar-refractivity contribution in [2.45, 2.75) is 18.6 Å². The van der Waals surface area contributed by atoms with E-state index in [-0.39, 0.29) is 6.42 Å². The summed E-state index contributed by atoms with van der Waals surface area (Å²) < 4.78 is 37.6. The number of pyridine rings is 1. The first-order valence-electron chi connectivity index (χ1n) is 5.38. The summed E-state index contributed by atoms with van der Waals surface area (Å²) in [5.74, 6) is 4.92. The minimum atomic E-state index is -4.39. The number of hydrazine groups is 1. The number of nitrogens with two attached hydrogens (primary N) is 1. The summed E-state index contributed by atoms with van der Waals surface area (Å²) >= 11 is 0. The highest BCUT2D eigenvalue weighted by atomic mass is 19.4. The molecule has 3 N–H and O–H groups in total. The molecule has 0 aliphatic heterocycles. The lowest BCUT2D eigenvalue weighted by molar-refractivity contribution is -0.155. The molecule has 6 heteroatoms.